The van der Waals surface area contributed by atoms with Crippen LogP contribution in [0, 0.1) is 80.3 Å². The number of primary amides is 5. The Morgan fingerprint density at radius 2 is 0.614 bits per heavy atom. The highest BCUT2D eigenvalue weighted by atomic mass is 16.3. The largest absolute Gasteiger partial charge is 0.396 e. The van der Waals surface area contributed by atoms with Crippen LogP contribution in [0.5, 0.6) is 0 Å². The van der Waals surface area contributed by atoms with Crippen LogP contribution in [0.4, 0.5) is 0 Å². The summed E-state index contributed by atoms with van der Waals surface area (Å²) in [5, 5.41) is 54.7. The molecule has 21 N–H and O–H groups in total. The van der Waals surface area contributed by atoms with Gasteiger partial charge in [0.25, 0.3) is 29.5 Å². The summed E-state index contributed by atoms with van der Waals surface area (Å²) in [6.07, 6.45) is 21.8. The lowest BCUT2D eigenvalue weighted by molar-refractivity contribution is 0.0939. The zero-order chi connectivity index (χ0) is 92.5. The first kappa shape index (κ1) is 97.3. The monoisotopic (exact) mass is 1740 g/mol. The predicted octanol–water partition coefficient (Wildman–Crippen LogP) is 13.8. The Morgan fingerprint density at radius 3 is 0.898 bits per heavy atom. The predicted molar refractivity (Wildman–Crippen MR) is 501 cm³/mol. The molecule has 5 aliphatic rings. The van der Waals surface area contributed by atoms with E-state index < -0.39 is 35.6 Å². The fourth-order valence-electron chi connectivity index (χ4n) is 18.9. The fraction of sp³-hybridized carbons (Fsp3) is 0.564. The van der Waals surface area contributed by atoms with Crippen molar-refractivity contribution >= 4 is 84.7 Å². The minimum atomic E-state index is -0.944. The number of hydrogen-bond acceptors (Lipinski definition) is 16. The third kappa shape index (κ3) is 23.4. The molecular formula is C101H139N15O11. The molecule has 127 heavy (non-hydrogen) atoms. The molecule has 0 radical (unpaired) electrons. The summed E-state index contributed by atoms with van der Waals surface area (Å²) in [5.74, 6) is 12.5. The number of carbonyl (C=O) groups excluding carboxylic acids is 5. The van der Waals surface area contributed by atoms with E-state index in [0.29, 0.717) is 118 Å². The Balaban J connectivity index is 0.000000154. The molecule has 0 fully saturated rings. The number of hydrogen-bond donors (Lipinski definition) is 16. The number of aliphatic hydroxyl groups excluding tert-OH is 6. The Bertz CT molecular complexity index is 5800. The van der Waals surface area contributed by atoms with Crippen molar-refractivity contribution in [2.24, 2.45) is 85.3 Å². The molecule has 10 heterocycles. The van der Waals surface area contributed by atoms with Crippen LogP contribution in [0.15, 0.2) is 30.3 Å². The van der Waals surface area contributed by atoms with E-state index >= 15 is 0 Å². The summed E-state index contributed by atoms with van der Waals surface area (Å²) in [6.45, 7) is 34.4. The molecule has 684 valence electrons. The molecule has 26 nitrogen and oxygen atoms in total. The van der Waals surface area contributed by atoms with E-state index in [0.717, 1.165) is 206 Å². The number of amides is 5. The van der Waals surface area contributed by atoms with Crippen LogP contribution < -0.4 is 28.7 Å². The molecule has 6 atom stereocenters. The second-order valence-corrected chi connectivity index (χ2v) is 41.1. The van der Waals surface area contributed by atoms with Crippen molar-refractivity contribution < 1.29 is 54.6 Å². The van der Waals surface area contributed by atoms with Gasteiger partial charge in [0.15, 0.2) is 0 Å². The third-order valence-corrected chi connectivity index (χ3v) is 27.0. The summed E-state index contributed by atoms with van der Waals surface area (Å²) in [5.41, 5.74) is 54.4. The highest BCUT2D eigenvalue weighted by Crippen LogP contribution is 2.45. The number of unbranched alkanes of at least 4 members (excludes halogenated alkanes) is 4. The highest BCUT2D eigenvalue weighted by Gasteiger charge is 2.37. The van der Waals surface area contributed by atoms with Gasteiger partial charge in [-0.05, 0) is 256 Å². The number of nitrogens with one attached hydrogen (secondary N) is 5. The summed E-state index contributed by atoms with van der Waals surface area (Å²) in [4.78, 5) is 99.1. The highest BCUT2D eigenvalue weighted by molar-refractivity contribution is 6.04. The maximum absolute atomic E-state index is 11.9. The average molecular weight is 1740 g/mol. The molecule has 0 aromatic carbocycles. The van der Waals surface area contributed by atoms with Gasteiger partial charge in [-0.1, -0.05) is 134 Å². The van der Waals surface area contributed by atoms with Gasteiger partial charge in [-0.25, -0.2) is 9.97 Å². The molecule has 5 amide bonds. The molecule has 26 heteroatoms. The topological polar surface area (TPSA) is 480 Å². The van der Waals surface area contributed by atoms with Gasteiger partial charge in [-0.15, -0.1) is 0 Å². The first-order chi connectivity index (χ1) is 59.9. The lowest BCUT2D eigenvalue weighted by Gasteiger charge is -2.34. The minimum Gasteiger partial charge on any atom is -0.396 e. The van der Waals surface area contributed by atoms with E-state index in [1.807, 2.05) is 0 Å². The van der Waals surface area contributed by atoms with Gasteiger partial charge in [-0.3, -0.25) is 38.9 Å². The van der Waals surface area contributed by atoms with Crippen molar-refractivity contribution in [3.05, 3.63) is 143 Å². The number of aromatic nitrogens is 10. The number of carbonyl (C=O) groups is 5. The van der Waals surface area contributed by atoms with Gasteiger partial charge in [0, 0.05) is 84.2 Å². The molecule has 0 saturated carbocycles. The molecule has 6 unspecified atom stereocenters. The van der Waals surface area contributed by atoms with E-state index in [4.69, 9.17) is 79.1 Å². The standard InChI is InChI=1S/C21H31N3O2.C21H27N3O2.C20H29N3O2.C20H25N3O2.C19H27N3O3/c2*1-21(2,3)14-8-9-16-13(11-14)12-17-18(23-16)15(7-5-4-6-10-25)19(24-17)20(22)26;2*1-20(2,3)13-7-8-15-12(10-13)11-16-17(22-15)14(6-4-5-9-24)18(23-16)19(21)25;1-19(2,3)11-4-5-14-10(6-11)7-15-16(21-14)13(8-12(24)9-23)17(22-15)18(20)25/h12,14,24-25H,4-11H2,1-3H3,(H2,22,26);12,14,24-25H,4,6,8-11H2,1-3H3,(H2,22,26);11,13,23-24H,4-10H2,1-3H3,(H2,21,25);11,13,23-24H,5,7-10H2,1-3H3,(H2,21,25);7,11-12,22-24H,4-6,8-9H2,1-3H3,(H2,20,25). The fourth-order valence-corrected chi connectivity index (χ4v) is 18.9. The van der Waals surface area contributed by atoms with Crippen molar-refractivity contribution in [3.63, 3.8) is 0 Å². The number of aryl methyl sites for hydroxylation is 7. The summed E-state index contributed by atoms with van der Waals surface area (Å²) in [7, 11) is 0. The maximum Gasteiger partial charge on any atom is 0.266 e. The smallest absolute Gasteiger partial charge is 0.266 e. The van der Waals surface area contributed by atoms with Gasteiger partial charge >= 0.3 is 0 Å². The van der Waals surface area contributed by atoms with E-state index in [9.17, 15) is 29.1 Å². The van der Waals surface area contributed by atoms with Crippen LogP contribution in [0.25, 0.3) is 55.2 Å². The van der Waals surface area contributed by atoms with Crippen molar-refractivity contribution in [2.45, 2.75) is 277 Å². The zero-order valence-electron chi connectivity index (χ0n) is 77.6. The number of aromatic amines is 5. The molecule has 0 spiro atoms. The number of rotatable bonds is 20. The first-order valence-corrected chi connectivity index (χ1v) is 45.8. The Labute approximate surface area is 747 Å². The van der Waals surface area contributed by atoms with E-state index in [1.165, 1.54) is 33.5 Å². The van der Waals surface area contributed by atoms with Crippen molar-refractivity contribution in [3.8, 4) is 23.7 Å². The third-order valence-electron chi connectivity index (χ3n) is 27.0. The number of fused-ring (bicyclic) bond motifs is 10. The molecule has 10 aromatic rings. The summed E-state index contributed by atoms with van der Waals surface area (Å²) in [6, 6.07) is 10.6. The molecule has 10 aromatic heterocycles. The van der Waals surface area contributed by atoms with Gasteiger partial charge in [0.05, 0.1) is 74.6 Å². The van der Waals surface area contributed by atoms with Crippen LogP contribution >= 0.6 is 0 Å². The number of aliphatic hydroxyl groups is 6. The van der Waals surface area contributed by atoms with Gasteiger partial charge < -0.3 is 84.2 Å². The maximum atomic E-state index is 11.9. The van der Waals surface area contributed by atoms with Gasteiger partial charge in [0.1, 0.15) is 39.5 Å². The molecule has 0 bridgehead atoms. The number of H-pyrrole nitrogens is 5. The molecule has 0 aliphatic heterocycles. The van der Waals surface area contributed by atoms with Crippen LogP contribution in [0.3, 0.4) is 0 Å². The van der Waals surface area contributed by atoms with E-state index in [-0.39, 0.29) is 66.8 Å². The Kier molecular flexibility index (Phi) is 31.4. The van der Waals surface area contributed by atoms with Crippen LogP contribution in [-0.4, -0.2) is 149 Å². The minimum absolute atomic E-state index is 0.0156. The van der Waals surface area contributed by atoms with Gasteiger partial charge in [0.2, 0.25) is 0 Å². The van der Waals surface area contributed by atoms with Crippen molar-refractivity contribution in [1.29, 1.82) is 0 Å². The van der Waals surface area contributed by atoms with Crippen molar-refractivity contribution in [1.82, 2.24) is 49.8 Å². The Hall–Kier alpha value is -10.3. The second-order valence-electron chi connectivity index (χ2n) is 41.1. The number of nitrogens with zero attached hydrogens (tertiary/aromatic N) is 5. The lowest BCUT2D eigenvalue weighted by atomic mass is 9.71. The summed E-state index contributed by atoms with van der Waals surface area (Å²) < 4.78 is 0. The molecular weight excluding hydrogens is 1600 g/mol. The van der Waals surface area contributed by atoms with Crippen LogP contribution in [0.2, 0.25) is 0 Å². The van der Waals surface area contributed by atoms with Crippen LogP contribution in [0.1, 0.15) is 324 Å². The summed E-state index contributed by atoms with van der Waals surface area (Å²) >= 11 is 0. The van der Waals surface area contributed by atoms with Crippen molar-refractivity contribution in [2.75, 3.05) is 33.0 Å². The zero-order valence-corrected chi connectivity index (χ0v) is 77.6. The van der Waals surface area contributed by atoms with E-state index in [2.05, 4.69) is 183 Å². The van der Waals surface area contributed by atoms with Gasteiger partial charge in [-0.2, -0.15) is 0 Å². The average Bonchev–Trinajstić information content (AvgIpc) is 1.66. The molecule has 5 aliphatic carbocycles. The normalized spacial score (nSPS) is 17.6. The first-order valence-electron chi connectivity index (χ1n) is 45.8. The number of nitrogens with two attached hydrogens (primary N) is 5. The molecule has 15 rings (SSSR count). The molecule has 0 saturated heterocycles. The SMILES string of the molecule is CC(C)(C)C1CCc2nc3c(C#CCCCO)c(C(N)=O)[nH]c3cc2C1.CC(C)(C)C1CCc2nc3c(C#CCCO)c(C(N)=O)[nH]c3cc2C1.CC(C)(C)C1CCc2nc3c(CC(O)CO)c(C(N)=O)[nH]c3cc2C1.CC(C)(C)C1CCc2nc3c(CCCCCO)c(C(N)=O)[nH]c3cc2C1.CC(C)(C)C1CCc2nc3c(CCCCO)c(C(N)=O)[nH]c3cc2C1. The van der Waals surface area contributed by atoms with E-state index in [1.54, 1.807) is 0 Å². The number of pyridine rings is 5. The lowest BCUT2D eigenvalue weighted by Crippen LogP contribution is -2.27. The quantitative estimate of drug-likeness (QED) is 0.0249. The second kappa shape index (κ2) is 41.0. The Morgan fingerprint density at radius 1 is 0.354 bits per heavy atom. The van der Waals surface area contributed by atoms with Crippen LogP contribution in [-0.2, 0) is 83.5 Å².